The second kappa shape index (κ2) is 9.01. The van der Waals surface area contributed by atoms with E-state index < -0.39 is 18.0 Å². The van der Waals surface area contributed by atoms with Gasteiger partial charge in [0.05, 0.1) is 30.8 Å². The second-order valence-electron chi connectivity index (χ2n) is 6.69. The van der Waals surface area contributed by atoms with Crippen LogP contribution in [-0.4, -0.2) is 38.6 Å². The average Bonchev–Trinajstić information content (AvgIpc) is 2.96. The van der Waals surface area contributed by atoms with Crippen molar-refractivity contribution >= 4 is 29.7 Å². The number of unbranched alkanes of at least 4 members (excludes halogenated alkanes) is 1. The van der Waals surface area contributed by atoms with Crippen LogP contribution in [0.4, 0.5) is 5.82 Å². The maximum absolute atomic E-state index is 11.6. The van der Waals surface area contributed by atoms with Gasteiger partial charge in [-0.1, -0.05) is 30.2 Å². The van der Waals surface area contributed by atoms with Crippen LogP contribution in [0.5, 0.6) is 0 Å². The third-order valence-corrected chi connectivity index (χ3v) is 4.96. The van der Waals surface area contributed by atoms with Gasteiger partial charge in [-0.25, -0.2) is 4.98 Å². The van der Waals surface area contributed by atoms with Crippen LogP contribution in [0.2, 0.25) is 5.02 Å². The minimum atomic E-state index is -0.779. The number of nitrogens with one attached hydrogen (secondary N) is 1. The van der Waals surface area contributed by atoms with Crippen LogP contribution in [-0.2, 0) is 17.8 Å². The normalized spacial score (nSPS) is 17.0. The average molecular weight is 391 g/mol. The molecule has 0 radical (unpaired) electrons. The molecule has 3 rings (SSSR count). The van der Waals surface area contributed by atoms with Crippen LogP contribution in [0.15, 0.2) is 35.6 Å². The predicted molar refractivity (Wildman–Crippen MR) is 104 cm³/mol. The van der Waals surface area contributed by atoms with Gasteiger partial charge < -0.3 is 20.1 Å². The highest BCUT2D eigenvalue weighted by Gasteiger charge is 2.21. The Hall–Kier alpha value is -2.38. The first-order chi connectivity index (χ1) is 13.0. The molecule has 3 N–H and O–H groups in total. The molecule has 2 atom stereocenters. The Morgan fingerprint density at radius 1 is 1.33 bits per heavy atom. The lowest BCUT2D eigenvalue weighted by Gasteiger charge is -2.14. The number of rotatable bonds is 8. The molecule has 2 aromatic rings. The summed E-state index contributed by atoms with van der Waals surface area (Å²) in [6.07, 6.45) is 5.22. The minimum absolute atomic E-state index is 0.299. The zero-order valence-corrected chi connectivity index (χ0v) is 15.6. The van der Waals surface area contributed by atoms with Gasteiger partial charge in [-0.3, -0.25) is 9.79 Å². The van der Waals surface area contributed by atoms with E-state index in [0.717, 1.165) is 24.1 Å². The van der Waals surface area contributed by atoms with Crippen molar-refractivity contribution in [2.75, 3.05) is 11.9 Å². The molecular formula is C19H23ClN4O3. The Balaban J connectivity index is 1.52. The molecule has 1 aromatic heterocycles. The number of aliphatic hydroxyl groups excluding tert-OH is 1. The number of carbonyl (C=O) groups is 1. The third kappa shape index (κ3) is 5.08. The van der Waals surface area contributed by atoms with E-state index in [4.69, 9.17) is 11.6 Å². The van der Waals surface area contributed by atoms with Crippen LogP contribution in [0.25, 0.3) is 0 Å². The van der Waals surface area contributed by atoms with E-state index in [1.54, 1.807) is 24.8 Å². The third-order valence-electron chi connectivity index (χ3n) is 4.71. The molecule has 0 spiro atoms. The summed E-state index contributed by atoms with van der Waals surface area (Å²) in [6.45, 7) is 0.974. The Morgan fingerprint density at radius 2 is 2.11 bits per heavy atom. The van der Waals surface area contributed by atoms with Crippen molar-refractivity contribution in [3.8, 4) is 0 Å². The summed E-state index contributed by atoms with van der Waals surface area (Å²) < 4.78 is 1.91. The number of anilines is 1. The quantitative estimate of drug-likeness (QED) is 0.601. The zero-order chi connectivity index (χ0) is 19.2. The lowest BCUT2D eigenvalue weighted by molar-refractivity contribution is -0.142. The number of halogens is 1. The highest BCUT2D eigenvalue weighted by Crippen LogP contribution is 2.25. The van der Waals surface area contributed by atoms with Crippen molar-refractivity contribution in [2.45, 2.75) is 38.3 Å². The number of imidazole rings is 1. The van der Waals surface area contributed by atoms with Crippen molar-refractivity contribution in [1.82, 2.24) is 9.55 Å². The zero-order valence-electron chi connectivity index (χ0n) is 14.9. The van der Waals surface area contributed by atoms with Gasteiger partial charge in [0.1, 0.15) is 6.10 Å². The SMILES string of the molecule is O=C(O)C(CCCCn1cnc2c1C(O)CN=CN2)Cc1ccc(Cl)cc1. The Morgan fingerprint density at radius 3 is 2.85 bits per heavy atom. The molecular weight excluding hydrogens is 368 g/mol. The molecule has 8 heteroatoms. The van der Waals surface area contributed by atoms with Gasteiger partial charge in [-0.2, -0.15) is 0 Å². The standard InChI is InChI=1S/C19H23ClN4O3/c20-15-6-4-13(5-7-15)9-14(19(26)27)3-1-2-8-24-12-23-18-17(24)16(25)10-21-11-22-18/h4-7,11-12,14,16,25H,1-3,8-10H2,(H,21,22)(H,26,27). The van der Waals surface area contributed by atoms with Gasteiger partial charge in [0, 0.05) is 11.6 Å². The molecule has 0 bridgehead atoms. The Labute approximate surface area is 162 Å². The largest absolute Gasteiger partial charge is 0.481 e. The number of hydrogen-bond acceptors (Lipinski definition) is 5. The van der Waals surface area contributed by atoms with E-state index in [9.17, 15) is 15.0 Å². The van der Waals surface area contributed by atoms with Crippen molar-refractivity contribution < 1.29 is 15.0 Å². The van der Waals surface area contributed by atoms with Crippen LogP contribution in [0.3, 0.4) is 0 Å². The summed E-state index contributed by atoms with van der Waals surface area (Å²) >= 11 is 5.88. The molecule has 1 aliphatic rings. The monoisotopic (exact) mass is 390 g/mol. The van der Waals surface area contributed by atoms with Crippen LogP contribution in [0, 0.1) is 5.92 Å². The molecule has 2 unspecified atom stereocenters. The number of aromatic nitrogens is 2. The molecule has 2 heterocycles. The van der Waals surface area contributed by atoms with E-state index in [1.165, 1.54) is 0 Å². The Kier molecular flexibility index (Phi) is 6.47. The molecule has 27 heavy (non-hydrogen) atoms. The van der Waals surface area contributed by atoms with Crippen molar-refractivity contribution in [3.63, 3.8) is 0 Å². The summed E-state index contributed by atoms with van der Waals surface area (Å²) in [6, 6.07) is 7.30. The summed E-state index contributed by atoms with van der Waals surface area (Å²) in [5.41, 5.74) is 1.70. The number of carboxylic acids is 1. The number of aryl methyl sites for hydroxylation is 1. The number of aliphatic imine (C=N–C) groups is 1. The smallest absolute Gasteiger partial charge is 0.306 e. The van der Waals surface area contributed by atoms with E-state index >= 15 is 0 Å². The first-order valence-electron chi connectivity index (χ1n) is 8.99. The van der Waals surface area contributed by atoms with E-state index in [-0.39, 0.29) is 0 Å². The van der Waals surface area contributed by atoms with E-state index in [0.29, 0.717) is 36.8 Å². The van der Waals surface area contributed by atoms with Crippen LogP contribution in [0.1, 0.15) is 36.6 Å². The van der Waals surface area contributed by atoms with Gasteiger partial charge >= 0.3 is 5.97 Å². The number of fused-ring (bicyclic) bond motifs is 1. The van der Waals surface area contributed by atoms with Gasteiger partial charge in [-0.15, -0.1) is 0 Å². The minimum Gasteiger partial charge on any atom is -0.481 e. The topological polar surface area (TPSA) is 99.7 Å². The van der Waals surface area contributed by atoms with E-state index in [1.807, 2.05) is 16.7 Å². The summed E-state index contributed by atoms with van der Waals surface area (Å²) in [7, 11) is 0. The fraction of sp³-hybridized carbons (Fsp3) is 0.421. The fourth-order valence-electron chi connectivity index (χ4n) is 3.27. The molecule has 0 saturated heterocycles. The second-order valence-corrected chi connectivity index (χ2v) is 7.12. The number of aliphatic hydroxyl groups is 1. The molecule has 0 amide bonds. The molecule has 7 nitrogen and oxygen atoms in total. The maximum atomic E-state index is 11.6. The molecule has 0 aliphatic carbocycles. The van der Waals surface area contributed by atoms with Crippen LogP contribution < -0.4 is 5.32 Å². The Bertz CT molecular complexity index is 804. The number of benzene rings is 1. The summed E-state index contributed by atoms with van der Waals surface area (Å²) in [5, 5.41) is 23.3. The first kappa shape index (κ1) is 19.4. The molecule has 1 aliphatic heterocycles. The summed E-state index contributed by atoms with van der Waals surface area (Å²) in [4.78, 5) is 19.9. The van der Waals surface area contributed by atoms with Crippen molar-refractivity contribution in [3.05, 3.63) is 46.9 Å². The van der Waals surface area contributed by atoms with Crippen LogP contribution >= 0.6 is 11.6 Å². The summed E-state index contributed by atoms with van der Waals surface area (Å²) in [5.74, 6) is -0.583. The number of aliphatic carboxylic acids is 1. The predicted octanol–water partition coefficient (Wildman–Crippen LogP) is 3.14. The highest BCUT2D eigenvalue weighted by atomic mass is 35.5. The van der Waals surface area contributed by atoms with Gasteiger partial charge in [0.2, 0.25) is 0 Å². The number of carboxylic acid groups (broad SMARTS) is 1. The molecule has 1 aromatic carbocycles. The first-order valence-corrected chi connectivity index (χ1v) is 9.37. The number of hydrogen-bond donors (Lipinski definition) is 3. The van der Waals surface area contributed by atoms with Crippen molar-refractivity contribution in [2.24, 2.45) is 10.9 Å². The fourth-order valence-corrected chi connectivity index (χ4v) is 3.39. The maximum Gasteiger partial charge on any atom is 0.306 e. The molecule has 0 fully saturated rings. The number of nitrogens with zero attached hydrogens (tertiary/aromatic N) is 3. The highest BCUT2D eigenvalue weighted by molar-refractivity contribution is 6.30. The van der Waals surface area contributed by atoms with Gasteiger partial charge in [-0.05, 0) is 37.0 Å². The molecule has 144 valence electrons. The van der Waals surface area contributed by atoms with Gasteiger partial charge in [0.15, 0.2) is 5.82 Å². The van der Waals surface area contributed by atoms with E-state index in [2.05, 4.69) is 15.3 Å². The molecule has 0 saturated carbocycles. The van der Waals surface area contributed by atoms with Crippen molar-refractivity contribution in [1.29, 1.82) is 0 Å². The lowest BCUT2D eigenvalue weighted by atomic mass is 9.94. The lowest BCUT2D eigenvalue weighted by Crippen LogP contribution is -2.17. The van der Waals surface area contributed by atoms with Gasteiger partial charge in [0.25, 0.3) is 0 Å².